The topological polar surface area (TPSA) is 46.6 Å². The number of aryl methyl sites for hydroxylation is 1. The summed E-state index contributed by atoms with van der Waals surface area (Å²) in [5.41, 5.74) is 0.992. The standard InChI is InChI=1S/C14H19Br2NO3S/c1-3-20-11-5-4-6-17(9-11)21(18,19)14-8-12(15)10(2)7-13(14)16/h7-8,11H,3-6,9H2,1-2H3. The van der Waals surface area contributed by atoms with E-state index < -0.39 is 10.0 Å². The van der Waals surface area contributed by atoms with Crippen LogP contribution in [0.5, 0.6) is 0 Å². The Morgan fingerprint density at radius 3 is 2.71 bits per heavy atom. The van der Waals surface area contributed by atoms with E-state index in [2.05, 4.69) is 31.9 Å². The number of halogens is 2. The van der Waals surface area contributed by atoms with Crippen LogP contribution in [0.15, 0.2) is 26.0 Å². The van der Waals surface area contributed by atoms with Gasteiger partial charge in [0.2, 0.25) is 10.0 Å². The third-order valence-corrected chi connectivity index (χ3v) is 7.25. The van der Waals surface area contributed by atoms with Crippen LogP contribution >= 0.6 is 31.9 Å². The highest BCUT2D eigenvalue weighted by Crippen LogP contribution is 2.32. The third-order valence-electron chi connectivity index (χ3n) is 3.57. The first-order chi connectivity index (χ1) is 9.86. The molecule has 7 heteroatoms. The highest BCUT2D eigenvalue weighted by molar-refractivity contribution is 9.11. The number of rotatable bonds is 4. The fourth-order valence-electron chi connectivity index (χ4n) is 2.46. The quantitative estimate of drug-likeness (QED) is 0.716. The van der Waals surface area contributed by atoms with Crippen molar-refractivity contribution in [3.05, 3.63) is 26.6 Å². The summed E-state index contributed by atoms with van der Waals surface area (Å²) >= 11 is 6.78. The van der Waals surface area contributed by atoms with Gasteiger partial charge in [0.05, 0.1) is 11.0 Å². The summed E-state index contributed by atoms with van der Waals surface area (Å²) in [7, 11) is -3.51. The Labute approximate surface area is 143 Å². The van der Waals surface area contributed by atoms with E-state index in [1.165, 1.54) is 4.31 Å². The fourth-order valence-corrected chi connectivity index (χ4v) is 5.61. The average Bonchev–Trinajstić information content (AvgIpc) is 2.43. The van der Waals surface area contributed by atoms with E-state index in [0.29, 0.717) is 29.1 Å². The Kier molecular flexibility index (Phi) is 5.87. The zero-order valence-corrected chi connectivity index (χ0v) is 16.1. The van der Waals surface area contributed by atoms with Gasteiger partial charge in [-0.3, -0.25) is 0 Å². The summed E-state index contributed by atoms with van der Waals surface area (Å²) in [5.74, 6) is 0. The van der Waals surface area contributed by atoms with E-state index in [1.807, 2.05) is 19.9 Å². The Morgan fingerprint density at radius 2 is 2.05 bits per heavy atom. The van der Waals surface area contributed by atoms with Gasteiger partial charge in [0.1, 0.15) is 0 Å². The second-order valence-corrected chi connectivity index (χ2v) is 8.73. The molecule has 1 heterocycles. The molecular formula is C14H19Br2NO3S. The molecule has 21 heavy (non-hydrogen) atoms. The minimum atomic E-state index is -3.51. The van der Waals surface area contributed by atoms with E-state index in [4.69, 9.17) is 4.74 Å². The Hall–Kier alpha value is 0.0500. The molecule has 0 saturated carbocycles. The van der Waals surface area contributed by atoms with Crippen molar-refractivity contribution in [1.29, 1.82) is 0 Å². The van der Waals surface area contributed by atoms with Crippen LogP contribution in [0.2, 0.25) is 0 Å². The van der Waals surface area contributed by atoms with Crippen molar-refractivity contribution >= 4 is 41.9 Å². The summed E-state index contributed by atoms with van der Waals surface area (Å²) in [6, 6.07) is 3.49. The summed E-state index contributed by atoms with van der Waals surface area (Å²) in [4.78, 5) is 0.303. The van der Waals surface area contributed by atoms with Gasteiger partial charge in [-0.05, 0) is 60.3 Å². The van der Waals surface area contributed by atoms with E-state index in [-0.39, 0.29) is 6.10 Å². The van der Waals surface area contributed by atoms with Crippen molar-refractivity contribution in [2.24, 2.45) is 0 Å². The van der Waals surface area contributed by atoms with Gasteiger partial charge in [-0.1, -0.05) is 15.9 Å². The van der Waals surface area contributed by atoms with E-state index in [0.717, 1.165) is 22.9 Å². The van der Waals surface area contributed by atoms with Gasteiger partial charge in [0, 0.05) is 28.6 Å². The lowest BCUT2D eigenvalue weighted by Gasteiger charge is -2.32. The summed E-state index contributed by atoms with van der Waals surface area (Å²) in [6.07, 6.45) is 1.74. The van der Waals surface area contributed by atoms with Gasteiger partial charge < -0.3 is 4.74 Å². The van der Waals surface area contributed by atoms with Crippen molar-refractivity contribution in [2.45, 2.75) is 37.7 Å². The third kappa shape index (κ3) is 3.88. The van der Waals surface area contributed by atoms with Gasteiger partial charge >= 0.3 is 0 Å². The second kappa shape index (κ2) is 7.08. The number of benzene rings is 1. The average molecular weight is 441 g/mol. The normalized spacial score (nSPS) is 20.7. The largest absolute Gasteiger partial charge is 0.377 e. The predicted octanol–water partition coefficient (Wildman–Crippen LogP) is 3.71. The van der Waals surface area contributed by atoms with Crippen LogP contribution in [0.3, 0.4) is 0 Å². The molecule has 1 aliphatic heterocycles. The lowest BCUT2D eigenvalue weighted by atomic mass is 10.1. The van der Waals surface area contributed by atoms with Crippen LogP contribution in [0.4, 0.5) is 0 Å². The number of nitrogens with zero attached hydrogens (tertiary/aromatic N) is 1. The number of sulfonamides is 1. The SMILES string of the molecule is CCOC1CCCN(S(=O)(=O)c2cc(Br)c(C)cc2Br)C1. The molecule has 0 amide bonds. The zero-order valence-electron chi connectivity index (χ0n) is 12.1. The van der Waals surface area contributed by atoms with Crippen molar-refractivity contribution in [3.8, 4) is 0 Å². The summed E-state index contributed by atoms with van der Waals surface area (Å²) in [5, 5.41) is 0. The molecule has 2 rings (SSSR count). The van der Waals surface area contributed by atoms with Gasteiger partial charge in [-0.25, -0.2) is 8.42 Å². The molecule has 0 bridgehead atoms. The molecule has 0 aromatic heterocycles. The van der Waals surface area contributed by atoms with Crippen molar-refractivity contribution < 1.29 is 13.2 Å². The molecule has 1 aliphatic rings. The number of hydrogen-bond donors (Lipinski definition) is 0. The maximum Gasteiger partial charge on any atom is 0.244 e. The molecule has 0 N–H and O–H groups in total. The predicted molar refractivity (Wildman–Crippen MR) is 90.0 cm³/mol. The molecule has 0 spiro atoms. The highest BCUT2D eigenvalue weighted by Gasteiger charge is 2.32. The molecule has 1 fully saturated rings. The van der Waals surface area contributed by atoms with Crippen molar-refractivity contribution in [3.63, 3.8) is 0 Å². The number of hydrogen-bond acceptors (Lipinski definition) is 3. The Balaban J connectivity index is 2.31. The van der Waals surface area contributed by atoms with Crippen molar-refractivity contribution in [1.82, 2.24) is 4.31 Å². The molecule has 0 aliphatic carbocycles. The van der Waals surface area contributed by atoms with Crippen LogP contribution in [-0.2, 0) is 14.8 Å². The first-order valence-electron chi connectivity index (χ1n) is 6.93. The van der Waals surface area contributed by atoms with Crippen LogP contribution in [0.1, 0.15) is 25.3 Å². The smallest absolute Gasteiger partial charge is 0.244 e. The number of piperidine rings is 1. The van der Waals surface area contributed by atoms with Gasteiger partial charge in [0.15, 0.2) is 0 Å². The monoisotopic (exact) mass is 439 g/mol. The van der Waals surface area contributed by atoms with Gasteiger partial charge in [-0.15, -0.1) is 0 Å². The minimum Gasteiger partial charge on any atom is -0.377 e. The lowest BCUT2D eigenvalue weighted by Crippen LogP contribution is -2.43. The summed E-state index contributed by atoms with van der Waals surface area (Å²) < 4.78 is 34.2. The highest BCUT2D eigenvalue weighted by atomic mass is 79.9. The molecule has 1 aromatic rings. The molecule has 0 radical (unpaired) electrons. The molecular weight excluding hydrogens is 422 g/mol. The first kappa shape index (κ1) is 17.4. The Bertz CT molecular complexity index is 617. The zero-order chi connectivity index (χ0) is 15.6. The minimum absolute atomic E-state index is 0.00816. The van der Waals surface area contributed by atoms with E-state index in [1.54, 1.807) is 6.07 Å². The fraction of sp³-hybridized carbons (Fsp3) is 0.571. The van der Waals surface area contributed by atoms with Gasteiger partial charge in [-0.2, -0.15) is 4.31 Å². The first-order valence-corrected chi connectivity index (χ1v) is 9.96. The summed E-state index contributed by atoms with van der Waals surface area (Å²) in [6.45, 7) is 5.44. The van der Waals surface area contributed by atoms with E-state index >= 15 is 0 Å². The number of ether oxygens (including phenoxy) is 1. The van der Waals surface area contributed by atoms with Crippen LogP contribution in [-0.4, -0.2) is 38.5 Å². The lowest BCUT2D eigenvalue weighted by molar-refractivity contribution is 0.0265. The second-order valence-electron chi connectivity index (χ2n) is 5.11. The van der Waals surface area contributed by atoms with Gasteiger partial charge in [0.25, 0.3) is 0 Å². The molecule has 1 aromatic carbocycles. The molecule has 1 atom stereocenters. The molecule has 1 unspecified atom stereocenters. The van der Waals surface area contributed by atoms with Crippen LogP contribution in [0.25, 0.3) is 0 Å². The van der Waals surface area contributed by atoms with Crippen LogP contribution < -0.4 is 0 Å². The Morgan fingerprint density at radius 1 is 1.33 bits per heavy atom. The molecule has 1 saturated heterocycles. The maximum atomic E-state index is 12.8. The van der Waals surface area contributed by atoms with Crippen LogP contribution in [0, 0.1) is 6.92 Å². The maximum absolute atomic E-state index is 12.8. The molecule has 118 valence electrons. The van der Waals surface area contributed by atoms with E-state index in [9.17, 15) is 8.42 Å². The van der Waals surface area contributed by atoms with Crippen molar-refractivity contribution in [2.75, 3.05) is 19.7 Å². The molecule has 4 nitrogen and oxygen atoms in total.